The zero-order valence-corrected chi connectivity index (χ0v) is 6.98. The molecule has 0 saturated heterocycles. The molecule has 1 heterocycles. The van der Waals surface area contributed by atoms with Crippen LogP contribution < -0.4 is 0 Å². The summed E-state index contributed by atoms with van der Waals surface area (Å²) in [6.45, 7) is 1.86. The number of furan rings is 1. The maximum absolute atomic E-state index is 10.6. The Labute approximate surface area is 73.9 Å². The van der Waals surface area contributed by atoms with Gasteiger partial charge in [-0.3, -0.25) is 10.1 Å². The van der Waals surface area contributed by atoms with Gasteiger partial charge in [-0.1, -0.05) is 0 Å². The molecule has 0 fully saturated rings. The van der Waals surface area contributed by atoms with Gasteiger partial charge in [0.15, 0.2) is 0 Å². The fraction of sp³-hybridized carbons (Fsp3) is 0.111. The molecule has 0 atom stereocenters. The van der Waals surface area contributed by atoms with Crippen molar-refractivity contribution in [3.63, 3.8) is 0 Å². The summed E-state index contributed by atoms with van der Waals surface area (Å²) in [6, 6.07) is 4.79. The van der Waals surface area contributed by atoms with Gasteiger partial charge in [0.25, 0.3) is 5.69 Å². The minimum atomic E-state index is -0.405. The van der Waals surface area contributed by atoms with Gasteiger partial charge in [-0.15, -0.1) is 0 Å². The molecule has 13 heavy (non-hydrogen) atoms. The van der Waals surface area contributed by atoms with E-state index in [9.17, 15) is 10.1 Å². The molecule has 0 saturated carbocycles. The van der Waals surface area contributed by atoms with Gasteiger partial charge >= 0.3 is 0 Å². The van der Waals surface area contributed by atoms with Crippen molar-refractivity contribution in [3.8, 4) is 0 Å². The van der Waals surface area contributed by atoms with E-state index in [1.807, 2.05) is 6.92 Å². The molecule has 0 aliphatic rings. The molecular formula is C9H7NO3. The van der Waals surface area contributed by atoms with E-state index in [0.717, 1.165) is 5.56 Å². The standard InChI is InChI=1S/C9H7NO3/c1-6-2-3-8(10(11)12)7-4-5-13-9(6)7/h2-5H,1H3. The average Bonchev–Trinajstić information content (AvgIpc) is 2.53. The molecule has 4 heteroatoms. The van der Waals surface area contributed by atoms with Crippen molar-refractivity contribution >= 4 is 16.7 Å². The van der Waals surface area contributed by atoms with Crippen molar-refractivity contribution < 1.29 is 9.34 Å². The number of hydrogen-bond donors (Lipinski definition) is 0. The zero-order valence-electron chi connectivity index (χ0n) is 6.98. The van der Waals surface area contributed by atoms with Crippen LogP contribution in [0.1, 0.15) is 5.56 Å². The smallest absolute Gasteiger partial charge is 0.280 e. The topological polar surface area (TPSA) is 56.3 Å². The van der Waals surface area contributed by atoms with E-state index in [4.69, 9.17) is 4.42 Å². The molecule has 2 rings (SSSR count). The fourth-order valence-electron chi connectivity index (χ4n) is 1.34. The third-order valence-corrected chi connectivity index (χ3v) is 1.99. The van der Waals surface area contributed by atoms with E-state index >= 15 is 0 Å². The quantitative estimate of drug-likeness (QED) is 0.497. The number of benzene rings is 1. The highest BCUT2D eigenvalue weighted by molar-refractivity contribution is 5.89. The van der Waals surface area contributed by atoms with Crippen LogP contribution >= 0.6 is 0 Å². The summed E-state index contributed by atoms with van der Waals surface area (Å²) >= 11 is 0. The molecule has 0 unspecified atom stereocenters. The molecule has 1 aromatic carbocycles. The lowest BCUT2D eigenvalue weighted by Crippen LogP contribution is -1.88. The monoisotopic (exact) mass is 177 g/mol. The molecule has 0 aliphatic carbocycles. The third-order valence-electron chi connectivity index (χ3n) is 1.99. The summed E-state index contributed by atoms with van der Waals surface area (Å²) in [6.07, 6.45) is 1.46. The molecule has 1 aromatic heterocycles. The summed E-state index contributed by atoms with van der Waals surface area (Å²) < 4.78 is 5.14. The Morgan fingerprint density at radius 2 is 2.15 bits per heavy atom. The summed E-state index contributed by atoms with van der Waals surface area (Å²) in [5.74, 6) is 0. The molecule has 0 bridgehead atoms. The molecule has 0 N–H and O–H groups in total. The van der Waals surface area contributed by atoms with Crippen LogP contribution in [0.15, 0.2) is 28.9 Å². The Bertz CT molecular complexity index is 473. The highest BCUT2D eigenvalue weighted by atomic mass is 16.6. The number of aryl methyl sites for hydroxylation is 1. The summed E-state index contributed by atoms with van der Waals surface area (Å²) in [5.41, 5.74) is 1.59. The first kappa shape index (κ1) is 7.79. The second kappa shape index (κ2) is 2.58. The van der Waals surface area contributed by atoms with E-state index < -0.39 is 4.92 Å². The first-order valence-corrected chi connectivity index (χ1v) is 3.81. The van der Waals surface area contributed by atoms with Crippen LogP contribution in [0.5, 0.6) is 0 Å². The van der Waals surface area contributed by atoms with Crippen molar-refractivity contribution in [2.45, 2.75) is 6.92 Å². The maximum atomic E-state index is 10.6. The minimum absolute atomic E-state index is 0.0920. The van der Waals surface area contributed by atoms with Gasteiger partial charge in [0.2, 0.25) is 0 Å². The van der Waals surface area contributed by atoms with Gasteiger partial charge in [-0.05, 0) is 24.6 Å². The van der Waals surface area contributed by atoms with E-state index in [1.165, 1.54) is 12.3 Å². The second-order valence-electron chi connectivity index (χ2n) is 2.82. The Morgan fingerprint density at radius 1 is 1.38 bits per heavy atom. The molecule has 2 aromatic rings. The lowest BCUT2D eigenvalue weighted by atomic mass is 10.1. The van der Waals surface area contributed by atoms with Gasteiger partial charge in [-0.2, -0.15) is 0 Å². The molecule has 0 aliphatic heterocycles. The lowest BCUT2D eigenvalue weighted by Gasteiger charge is -1.95. The van der Waals surface area contributed by atoms with Crippen molar-refractivity contribution in [2.75, 3.05) is 0 Å². The van der Waals surface area contributed by atoms with E-state index in [0.29, 0.717) is 11.0 Å². The van der Waals surface area contributed by atoms with Crippen LogP contribution in [-0.4, -0.2) is 4.92 Å². The van der Waals surface area contributed by atoms with Gasteiger partial charge in [0, 0.05) is 6.07 Å². The fourth-order valence-corrected chi connectivity index (χ4v) is 1.34. The Hall–Kier alpha value is -1.84. The predicted molar refractivity (Wildman–Crippen MR) is 47.6 cm³/mol. The molecule has 0 radical (unpaired) electrons. The number of hydrogen-bond acceptors (Lipinski definition) is 3. The van der Waals surface area contributed by atoms with Crippen molar-refractivity contribution in [1.29, 1.82) is 0 Å². The van der Waals surface area contributed by atoms with Crippen LogP contribution in [0.25, 0.3) is 11.0 Å². The van der Waals surface area contributed by atoms with Crippen molar-refractivity contribution in [3.05, 3.63) is 40.1 Å². The predicted octanol–water partition coefficient (Wildman–Crippen LogP) is 2.65. The third kappa shape index (κ3) is 1.07. The first-order chi connectivity index (χ1) is 6.20. The van der Waals surface area contributed by atoms with Crippen molar-refractivity contribution in [2.24, 2.45) is 0 Å². The molecule has 0 spiro atoms. The zero-order chi connectivity index (χ0) is 9.42. The number of nitro benzene ring substituents is 1. The highest BCUT2D eigenvalue weighted by Gasteiger charge is 2.14. The van der Waals surface area contributed by atoms with Crippen LogP contribution in [0, 0.1) is 17.0 Å². The van der Waals surface area contributed by atoms with Crippen LogP contribution in [0.3, 0.4) is 0 Å². The molecular weight excluding hydrogens is 170 g/mol. The van der Waals surface area contributed by atoms with Crippen molar-refractivity contribution in [1.82, 2.24) is 0 Å². The summed E-state index contributed by atoms with van der Waals surface area (Å²) in [5, 5.41) is 11.1. The SMILES string of the molecule is Cc1ccc([N+](=O)[O-])c2ccoc12. The lowest BCUT2D eigenvalue weighted by molar-refractivity contribution is -0.383. The van der Waals surface area contributed by atoms with E-state index in [-0.39, 0.29) is 5.69 Å². The normalized spacial score (nSPS) is 10.5. The highest BCUT2D eigenvalue weighted by Crippen LogP contribution is 2.28. The van der Waals surface area contributed by atoms with E-state index in [1.54, 1.807) is 12.1 Å². The van der Waals surface area contributed by atoms with Gasteiger partial charge < -0.3 is 4.42 Å². The largest absolute Gasteiger partial charge is 0.464 e. The number of rotatable bonds is 1. The van der Waals surface area contributed by atoms with Crippen LogP contribution in [0.2, 0.25) is 0 Å². The number of non-ortho nitro benzene ring substituents is 1. The molecule has 66 valence electrons. The minimum Gasteiger partial charge on any atom is -0.464 e. The van der Waals surface area contributed by atoms with Crippen LogP contribution in [-0.2, 0) is 0 Å². The second-order valence-corrected chi connectivity index (χ2v) is 2.82. The summed E-state index contributed by atoms with van der Waals surface area (Å²) in [4.78, 5) is 10.2. The van der Waals surface area contributed by atoms with Gasteiger partial charge in [0.1, 0.15) is 5.58 Å². The van der Waals surface area contributed by atoms with Gasteiger partial charge in [-0.25, -0.2) is 0 Å². The maximum Gasteiger partial charge on any atom is 0.280 e. The Morgan fingerprint density at radius 3 is 2.85 bits per heavy atom. The Balaban J connectivity index is 2.86. The Kier molecular flexibility index (Phi) is 1.55. The van der Waals surface area contributed by atoms with E-state index in [2.05, 4.69) is 0 Å². The number of nitrogens with zero attached hydrogens (tertiary/aromatic N) is 1. The average molecular weight is 177 g/mol. The first-order valence-electron chi connectivity index (χ1n) is 3.81. The number of nitro groups is 1. The summed E-state index contributed by atoms with van der Waals surface area (Å²) in [7, 11) is 0. The molecule has 0 amide bonds. The van der Waals surface area contributed by atoms with Crippen LogP contribution in [0.4, 0.5) is 5.69 Å². The van der Waals surface area contributed by atoms with Gasteiger partial charge in [0.05, 0.1) is 16.6 Å². The number of fused-ring (bicyclic) bond motifs is 1. The molecule has 4 nitrogen and oxygen atoms in total.